The third kappa shape index (κ3) is 2.53. The number of aromatic nitrogens is 3. The van der Waals surface area contributed by atoms with Crippen molar-refractivity contribution < 1.29 is 4.39 Å². The van der Waals surface area contributed by atoms with Crippen LogP contribution < -0.4 is 0 Å². The van der Waals surface area contributed by atoms with Crippen molar-refractivity contribution >= 4 is 12.2 Å². The summed E-state index contributed by atoms with van der Waals surface area (Å²) in [5.41, 5.74) is 1.53. The van der Waals surface area contributed by atoms with Crippen LogP contribution in [-0.4, -0.2) is 14.8 Å². The number of nitrogens with zero attached hydrogens (tertiary/aromatic N) is 2. The molecule has 0 saturated carbocycles. The summed E-state index contributed by atoms with van der Waals surface area (Å²) < 4.78 is 15.9. The first-order valence-electron chi connectivity index (χ1n) is 6.20. The molecule has 3 aromatic rings. The average molecular weight is 285 g/mol. The van der Waals surface area contributed by atoms with Gasteiger partial charge in [0.15, 0.2) is 5.82 Å². The highest BCUT2D eigenvalue weighted by Crippen LogP contribution is 2.18. The van der Waals surface area contributed by atoms with Crippen LogP contribution in [0.5, 0.6) is 0 Å². The van der Waals surface area contributed by atoms with Crippen LogP contribution in [0.3, 0.4) is 0 Å². The van der Waals surface area contributed by atoms with Gasteiger partial charge in [-0.2, -0.15) is 4.98 Å². The molecule has 0 amide bonds. The first-order chi connectivity index (χ1) is 9.74. The second-order valence-electron chi connectivity index (χ2n) is 4.41. The Morgan fingerprint density at radius 1 is 1.05 bits per heavy atom. The summed E-state index contributed by atoms with van der Waals surface area (Å²) in [5.74, 6) is 0.132. The number of nitrogens with one attached hydrogen (secondary N) is 1. The van der Waals surface area contributed by atoms with Gasteiger partial charge in [-0.05, 0) is 29.9 Å². The van der Waals surface area contributed by atoms with Crippen molar-refractivity contribution in [1.82, 2.24) is 14.8 Å². The maximum absolute atomic E-state index is 13.7. The quantitative estimate of drug-likeness (QED) is 0.743. The Labute approximate surface area is 120 Å². The van der Waals surface area contributed by atoms with E-state index in [-0.39, 0.29) is 5.82 Å². The van der Waals surface area contributed by atoms with Crippen LogP contribution in [0.15, 0.2) is 54.6 Å². The van der Waals surface area contributed by atoms with Gasteiger partial charge in [0, 0.05) is 0 Å². The summed E-state index contributed by atoms with van der Waals surface area (Å²) in [6.45, 7) is 0.584. The van der Waals surface area contributed by atoms with Crippen LogP contribution in [0.2, 0.25) is 0 Å². The Balaban J connectivity index is 1.96. The molecule has 20 heavy (non-hydrogen) atoms. The maximum Gasteiger partial charge on any atom is 0.216 e. The molecule has 0 spiro atoms. The third-order valence-electron chi connectivity index (χ3n) is 2.99. The molecular weight excluding hydrogens is 273 g/mol. The van der Waals surface area contributed by atoms with Gasteiger partial charge in [0.05, 0.1) is 12.1 Å². The zero-order chi connectivity index (χ0) is 13.9. The zero-order valence-electron chi connectivity index (χ0n) is 10.6. The smallest absolute Gasteiger partial charge is 0.216 e. The number of hydrogen-bond donors (Lipinski definition) is 1. The number of benzene rings is 2. The number of hydrogen-bond acceptors (Lipinski definition) is 2. The average Bonchev–Trinajstić information content (AvgIpc) is 2.81. The Kier molecular flexibility index (Phi) is 3.43. The van der Waals surface area contributed by atoms with Gasteiger partial charge >= 0.3 is 0 Å². The molecule has 0 fully saturated rings. The van der Waals surface area contributed by atoms with Crippen molar-refractivity contribution in [2.24, 2.45) is 0 Å². The Morgan fingerprint density at radius 2 is 1.75 bits per heavy atom. The fourth-order valence-electron chi connectivity index (χ4n) is 2.00. The second-order valence-corrected chi connectivity index (χ2v) is 4.77. The fourth-order valence-corrected chi connectivity index (χ4v) is 2.20. The molecule has 2 aromatic carbocycles. The van der Waals surface area contributed by atoms with Gasteiger partial charge in [0.2, 0.25) is 4.77 Å². The predicted molar refractivity (Wildman–Crippen MR) is 78.3 cm³/mol. The molecule has 0 aliphatic rings. The first kappa shape index (κ1) is 12.7. The number of H-pyrrole nitrogens is 1. The highest BCUT2D eigenvalue weighted by Gasteiger charge is 2.09. The highest BCUT2D eigenvalue weighted by molar-refractivity contribution is 7.71. The number of halogens is 1. The van der Waals surface area contributed by atoms with E-state index in [9.17, 15) is 4.39 Å². The van der Waals surface area contributed by atoms with Gasteiger partial charge in [0.25, 0.3) is 0 Å². The Bertz CT molecular complexity index is 777. The van der Waals surface area contributed by atoms with E-state index in [1.165, 1.54) is 6.07 Å². The first-order valence-corrected chi connectivity index (χ1v) is 6.60. The summed E-state index contributed by atoms with van der Waals surface area (Å²) in [5, 5.41) is 3.05. The maximum atomic E-state index is 13.7. The Hall–Kier alpha value is -2.27. The van der Waals surface area contributed by atoms with Crippen molar-refractivity contribution in [2.75, 3.05) is 0 Å². The largest absolute Gasteiger partial charge is 0.279 e. The summed E-state index contributed by atoms with van der Waals surface area (Å²) in [7, 11) is 0. The molecule has 1 heterocycles. The van der Waals surface area contributed by atoms with Crippen LogP contribution in [-0.2, 0) is 6.54 Å². The van der Waals surface area contributed by atoms with Gasteiger partial charge < -0.3 is 0 Å². The number of rotatable bonds is 3. The third-order valence-corrected chi connectivity index (χ3v) is 3.30. The van der Waals surface area contributed by atoms with E-state index >= 15 is 0 Å². The molecule has 0 bridgehead atoms. The lowest BCUT2D eigenvalue weighted by Crippen LogP contribution is -2.01. The van der Waals surface area contributed by atoms with E-state index in [1.807, 2.05) is 30.3 Å². The molecule has 0 radical (unpaired) electrons. The van der Waals surface area contributed by atoms with Crippen LogP contribution in [0, 0.1) is 10.6 Å². The molecule has 3 nitrogen and oxygen atoms in total. The van der Waals surface area contributed by atoms with Crippen LogP contribution in [0.4, 0.5) is 4.39 Å². The molecule has 0 saturated heterocycles. The van der Waals surface area contributed by atoms with Gasteiger partial charge in [-0.3, -0.25) is 9.78 Å². The van der Waals surface area contributed by atoms with E-state index < -0.39 is 0 Å². The summed E-state index contributed by atoms with van der Waals surface area (Å²) in [6, 6.07) is 16.4. The molecule has 1 aromatic heterocycles. The van der Waals surface area contributed by atoms with Crippen molar-refractivity contribution in [1.29, 1.82) is 0 Å². The lowest BCUT2D eigenvalue weighted by atomic mass is 10.2. The lowest BCUT2D eigenvalue weighted by molar-refractivity contribution is 0.628. The summed E-state index contributed by atoms with van der Waals surface area (Å²) in [4.78, 5) is 4.22. The minimum atomic E-state index is -0.317. The second kappa shape index (κ2) is 5.38. The van der Waals surface area contributed by atoms with Crippen molar-refractivity contribution in [3.05, 3.63) is 70.7 Å². The molecule has 100 valence electrons. The van der Waals surface area contributed by atoms with E-state index in [4.69, 9.17) is 12.2 Å². The SMILES string of the molecule is Fc1ccccc1-c1nc(=S)n(Cc2ccccc2)[nH]1. The molecular formula is C15H12FN3S. The van der Waals surface area contributed by atoms with Crippen LogP contribution in [0.25, 0.3) is 11.4 Å². The van der Waals surface area contributed by atoms with Gasteiger partial charge in [0.1, 0.15) is 5.82 Å². The minimum Gasteiger partial charge on any atom is -0.279 e. The molecule has 5 heteroatoms. The zero-order valence-corrected chi connectivity index (χ0v) is 11.4. The van der Waals surface area contributed by atoms with Gasteiger partial charge in [-0.1, -0.05) is 42.5 Å². The van der Waals surface area contributed by atoms with Gasteiger partial charge in [-0.15, -0.1) is 0 Å². The molecule has 0 unspecified atom stereocenters. The summed E-state index contributed by atoms with van der Waals surface area (Å²) in [6.07, 6.45) is 0. The van der Waals surface area contributed by atoms with Crippen LogP contribution in [0.1, 0.15) is 5.56 Å². The normalized spacial score (nSPS) is 10.7. The van der Waals surface area contributed by atoms with Crippen molar-refractivity contribution in [3.8, 4) is 11.4 Å². The van der Waals surface area contributed by atoms with Crippen LogP contribution >= 0.6 is 12.2 Å². The van der Waals surface area contributed by atoms with E-state index in [1.54, 1.807) is 22.9 Å². The van der Waals surface area contributed by atoms with Crippen molar-refractivity contribution in [2.45, 2.75) is 6.54 Å². The fraction of sp³-hybridized carbons (Fsp3) is 0.0667. The minimum absolute atomic E-state index is 0.317. The standard InChI is InChI=1S/C15H12FN3S/c16-13-9-5-4-8-12(13)14-17-15(20)19(18-14)10-11-6-2-1-3-7-11/h1-9H,10H2,(H,17,18,20). The topological polar surface area (TPSA) is 33.6 Å². The predicted octanol–water partition coefficient (Wildman–Crippen LogP) is 3.80. The summed E-state index contributed by atoms with van der Waals surface area (Å²) >= 11 is 5.21. The highest BCUT2D eigenvalue weighted by atomic mass is 32.1. The molecule has 0 aliphatic heterocycles. The monoisotopic (exact) mass is 285 g/mol. The number of aromatic amines is 1. The molecule has 3 rings (SSSR count). The van der Waals surface area contributed by atoms with Gasteiger partial charge in [-0.25, -0.2) is 4.39 Å². The molecule has 1 N–H and O–H groups in total. The van der Waals surface area contributed by atoms with E-state index in [0.717, 1.165) is 5.56 Å². The van der Waals surface area contributed by atoms with E-state index in [2.05, 4.69) is 10.1 Å². The molecule has 0 atom stereocenters. The van der Waals surface area contributed by atoms with E-state index in [0.29, 0.717) is 22.7 Å². The Morgan fingerprint density at radius 3 is 2.50 bits per heavy atom. The van der Waals surface area contributed by atoms with Crippen molar-refractivity contribution in [3.63, 3.8) is 0 Å². The lowest BCUT2D eigenvalue weighted by Gasteiger charge is -2.02. The molecule has 0 aliphatic carbocycles.